The lowest BCUT2D eigenvalue weighted by molar-refractivity contribution is 0.100. The molecule has 0 saturated heterocycles. The number of carbonyl (C=O) groups excluding carboxylic acids is 1. The molecule has 0 spiro atoms. The minimum absolute atomic E-state index is 0.416. The van der Waals surface area contributed by atoms with Gasteiger partial charge >= 0.3 is 0 Å². The van der Waals surface area contributed by atoms with E-state index < -0.39 is 5.91 Å². The number of carbonyl (C=O) groups is 1. The molecule has 0 radical (unpaired) electrons. The van der Waals surface area contributed by atoms with Crippen LogP contribution < -0.4 is 5.73 Å². The zero-order chi connectivity index (χ0) is 19.5. The number of benzene rings is 2. The molecule has 0 aliphatic carbocycles. The molecule has 0 saturated carbocycles. The Bertz CT molecular complexity index is 1130. The van der Waals surface area contributed by atoms with E-state index in [4.69, 9.17) is 21.9 Å². The van der Waals surface area contributed by atoms with Crippen LogP contribution in [0.5, 0.6) is 0 Å². The first kappa shape index (κ1) is 18.6. The van der Waals surface area contributed by atoms with E-state index in [1.165, 1.54) is 23.1 Å². The summed E-state index contributed by atoms with van der Waals surface area (Å²) in [4.78, 5) is 16.0. The average molecular weight is 430 g/mol. The summed E-state index contributed by atoms with van der Waals surface area (Å²) in [5, 5.41) is 13.6. The fourth-order valence-corrected chi connectivity index (χ4v) is 4.27. The number of primary amides is 1. The van der Waals surface area contributed by atoms with Crippen molar-refractivity contribution >= 4 is 40.6 Å². The number of hydrogen-bond acceptors (Lipinski definition) is 8. The SMILES string of the molecule is NC(=O)c1ccccc1-c1nnc(SCc2nc(-c3ccc(Cl)cc3)no2)s1. The summed E-state index contributed by atoms with van der Waals surface area (Å²) in [5.41, 5.74) is 7.34. The number of nitrogens with two attached hydrogens (primary N) is 1. The molecule has 0 unspecified atom stereocenters. The third-order valence-electron chi connectivity index (χ3n) is 3.72. The number of nitrogens with zero attached hydrogens (tertiary/aromatic N) is 4. The van der Waals surface area contributed by atoms with Crippen LogP contribution >= 0.6 is 34.7 Å². The van der Waals surface area contributed by atoms with Crippen molar-refractivity contribution < 1.29 is 9.32 Å². The van der Waals surface area contributed by atoms with Gasteiger partial charge < -0.3 is 10.3 Å². The first-order valence-corrected chi connectivity index (χ1v) is 10.2. The molecule has 28 heavy (non-hydrogen) atoms. The lowest BCUT2D eigenvalue weighted by Crippen LogP contribution is -2.12. The fraction of sp³-hybridized carbons (Fsp3) is 0.0556. The van der Waals surface area contributed by atoms with Crippen LogP contribution in [-0.2, 0) is 5.75 Å². The van der Waals surface area contributed by atoms with Gasteiger partial charge in [-0.3, -0.25) is 4.79 Å². The predicted molar refractivity (Wildman–Crippen MR) is 108 cm³/mol. The van der Waals surface area contributed by atoms with Crippen molar-refractivity contribution in [3.8, 4) is 22.0 Å². The van der Waals surface area contributed by atoms with Gasteiger partial charge in [0.2, 0.25) is 17.6 Å². The molecule has 0 aliphatic rings. The lowest BCUT2D eigenvalue weighted by Gasteiger charge is -2.01. The van der Waals surface area contributed by atoms with Crippen LogP contribution in [0.2, 0.25) is 5.02 Å². The Labute approximate surface area is 172 Å². The number of aromatic nitrogens is 4. The minimum Gasteiger partial charge on any atom is -0.366 e. The Balaban J connectivity index is 1.46. The summed E-state index contributed by atoms with van der Waals surface area (Å²) < 4.78 is 6.02. The third-order valence-corrected chi connectivity index (χ3v) is 6.05. The smallest absolute Gasteiger partial charge is 0.249 e. The molecule has 2 aromatic carbocycles. The topological polar surface area (TPSA) is 108 Å². The monoisotopic (exact) mass is 429 g/mol. The van der Waals surface area contributed by atoms with E-state index in [0.29, 0.717) is 38.6 Å². The molecule has 7 nitrogen and oxygen atoms in total. The number of thioether (sulfide) groups is 1. The van der Waals surface area contributed by atoms with Crippen LogP contribution in [0.1, 0.15) is 16.2 Å². The van der Waals surface area contributed by atoms with E-state index in [1.807, 2.05) is 18.2 Å². The summed E-state index contributed by atoms with van der Waals surface area (Å²) in [7, 11) is 0. The molecule has 2 N–H and O–H groups in total. The molecule has 1 amide bonds. The molecular formula is C18H12ClN5O2S2. The Morgan fingerprint density at radius 3 is 2.71 bits per heavy atom. The van der Waals surface area contributed by atoms with Crippen molar-refractivity contribution in [2.45, 2.75) is 10.1 Å². The summed E-state index contributed by atoms with van der Waals surface area (Å²) >= 11 is 8.69. The molecule has 0 atom stereocenters. The molecule has 4 rings (SSSR count). The molecule has 0 bridgehead atoms. The Morgan fingerprint density at radius 2 is 1.93 bits per heavy atom. The molecule has 10 heteroatoms. The van der Waals surface area contributed by atoms with Crippen LogP contribution in [0, 0.1) is 0 Å². The zero-order valence-corrected chi connectivity index (χ0v) is 16.6. The van der Waals surface area contributed by atoms with Gasteiger partial charge in [-0.25, -0.2) is 0 Å². The highest BCUT2D eigenvalue weighted by molar-refractivity contribution is 8.00. The van der Waals surface area contributed by atoms with Crippen molar-refractivity contribution in [1.82, 2.24) is 20.3 Å². The minimum atomic E-state index is -0.499. The second-order valence-electron chi connectivity index (χ2n) is 5.59. The van der Waals surface area contributed by atoms with E-state index in [0.717, 1.165) is 9.90 Å². The van der Waals surface area contributed by atoms with Crippen LogP contribution in [0.3, 0.4) is 0 Å². The van der Waals surface area contributed by atoms with Gasteiger partial charge in [-0.2, -0.15) is 4.98 Å². The number of amides is 1. The van der Waals surface area contributed by atoms with Gasteiger partial charge in [-0.1, -0.05) is 58.1 Å². The van der Waals surface area contributed by atoms with Crippen molar-refractivity contribution in [2.75, 3.05) is 0 Å². The zero-order valence-electron chi connectivity index (χ0n) is 14.2. The maximum absolute atomic E-state index is 11.6. The molecule has 0 aliphatic heterocycles. The van der Waals surface area contributed by atoms with Gasteiger partial charge in [0.15, 0.2) is 4.34 Å². The van der Waals surface area contributed by atoms with E-state index in [-0.39, 0.29) is 0 Å². The summed E-state index contributed by atoms with van der Waals surface area (Å²) in [6, 6.07) is 14.3. The second kappa shape index (κ2) is 8.09. The molecule has 2 heterocycles. The second-order valence-corrected chi connectivity index (χ2v) is 8.23. The highest BCUT2D eigenvalue weighted by atomic mass is 35.5. The van der Waals surface area contributed by atoms with E-state index >= 15 is 0 Å². The third kappa shape index (κ3) is 4.06. The first-order chi connectivity index (χ1) is 13.6. The predicted octanol–water partition coefficient (Wildman–Crippen LogP) is 4.30. The lowest BCUT2D eigenvalue weighted by atomic mass is 10.1. The van der Waals surface area contributed by atoms with E-state index in [9.17, 15) is 4.79 Å². The Morgan fingerprint density at radius 1 is 1.14 bits per heavy atom. The number of hydrogen-bond donors (Lipinski definition) is 1. The van der Waals surface area contributed by atoms with Crippen molar-refractivity contribution in [3.63, 3.8) is 0 Å². The molecular weight excluding hydrogens is 418 g/mol. The van der Waals surface area contributed by atoms with E-state index in [2.05, 4.69) is 20.3 Å². The van der Waals surface area contributed by atoms with Crippen molar-refractivity contribution in [3.05, 3.63) is 65.0 Å². The molecule has 2 aromatic heterocycles. The van der Waals surface area contributed by atoms with Gasteiger partial charge in [-0.05, 0) is 30.3 Å². The number of halogens is 1. The van der Waals surface area contributed by atoms with Gasteiger partial charge in [-0.15, -0.1) is 10.2 Å². The van der Waals surface area contributed by atoms with Crippen molar-refractivity contribution in [1.29, 1.82) is 0 Å². The highest BCUT2D eigenvalue weighted by Gasteiger charge is 2.15. The standard InChI is InChI=1S/C18H12ClN5O2S2/c19-11-7-5-10(6-8-11)16-21-14(26-24-16)9-27-18-23-22-17(28-18)13-4-2-1-3-12(13)15(20)25/h1-8H,9H2,(H2,20,25). The maximum Gasteiger partial charge on any atom is 0.249 e. The van der Waals surface area contributed by atoms with Crippen LogP contribution in [0.25, 0.3) is 22.0 Å². The fourth-order valence-electron chi connectivity index (χ4n) is 2.41. The van der Waals surface area contributed by atoms with Crippen molar-refractivity contribution in [2.24, 2.45) is 5.73 Å². The maximum atomic E-state index is 11.6. The quantitative estimate of drug-likeness (QED) is 0.455. The Kier molecular flexibility index (Phi) is 5.38. The van der Waals surface area contributed by atoms with Gasteiger partial charge in [0.25, 0.3) is 0 Å². The summed E-state index contributed by atoms with van der Waals surface area (Å²) in [6.07, 6.45) is 0. The number of rotatable bonds is 6. The van der Waals surface area contributed by atoms with E-state index in [1.54, 1.807) is 30.3 Å². The normalized spacial score (nSPS) is 10.9. The largest absolute Gasteiger partial charge is 0.366 e. The average Bonchev–Trinajstić information content (AvgIpc) is 3.36. The van der Waals surface area contributed by atoms with Crippen LogP contribution in [-0.4, -0.2) is 26.2 Å². The van der Waals surface area contributed by atoms with Gasteiger partial charge in [0, 0.05) is 21.7 Å². The van der Waals surface area contributed by atoms with Crippen LogP contribution in [0.4, 0.5) is 0 Å². The first-order valence-electron chi connectivity index (χ1n) is 8.04. The summed E-state index contributed by atoms with van der Waals surface area (Å²) in [6.45, 7) is 0. The highest BCUT2D eigenvalue weighted by Crippen LogP contribution is 2.32. The molecule has 140 valence electrons. The molecule has 4 aromatic rings. The molecule has 0 fully saturated rings. The summed E-state index contributed by atoms with van der Waals surface area (Å²) in [5.74, 6) is 0.928. The Hall–Kier alpha value is -2.75. The van der Waals surface area contributed by atoms with Crippen LogP contribution in [0.15, 0.2) is 57.4 Å². The van der Waals surface area contributed by atoms with Gasteiger partial charge in [0.1, 0.15) is 5.01 Å². The van der Waals surface area contributed by atoms with Gasteiger partial charge in [0.05, 0.1) is 5.75 Å².